The Hall–Kier alpha value is -3.16. The first-order valence-corrected chi connectivity index (χ1v) is 8.45. The number of hydrogen-bond acceptors (Lipinski definition) is 6. The number of benzene rings is 1. The maximum Gasteiger partial charge on any atom is 0.255 e. The summed E-state index contributed by atoms with van der Waals surface area (Å²) in [6, 6.07) is 6.84. The number of rotatable bonds is 6. The fraction of sp³-hybridized carbons (Fsp3) is 0.333. The standard InChI is InChI=1S/C18H21N5O3/c19-16(24)12-26-15-5-3-14(4-6-15)22-18(25)13-2-1-9-23(11-13)17-10-20-7-8-21-17/h3-8,10,13H,1-2,9,11-12H2,(H2,19,24)(H,22,25). The zero-order valence-electron chi connectivity index (χ0n) is 14.3. The minimum absolute atomic E-state index is 0.0237. The van der Waals surface area contributed by atoms with E-state index in [1.165, 1.54) is 0 Å². The van der Waals surface area contributed by atoms with Gasteiger partial charge in [-0.25, -0.2) is 4.98 Å². The van der Waals surface area contributed by atoms with Crippen molar-refractivity contribution in [2.24, 2.45) is 11.7 Å². The SMILES string of the molecule is NC(=O)COc1ccc(NC(=O)C2CCCN(c3cnccn3)C2)cc1. The molecule has 2 aromatic rings. The Morgan fingerprint density at radius 2 is 2.08 bits per heavy atom. The van der Waals surface area contributed by atoms with Crippen molar-refractivity contribution in [3.63, 3.8) is 0 Å². The Balaban J connectivity index is 1.56. The first-order chi connectivity index (χ1) is 12.6. The first-order valence-electron chi connectivity index (χ1n) is 8.45. The lowest BCUT2D eigenvalue weighted by Crippen LogP contribution is -2.41. The summed E-state index contributed by atoms with van der Waals surface area (Å²) in [4.78, 5) is 33.8. The van der Waals surface area contributed by atoms with Gasteiger partial charge in [0.15, 0.2) is 6.61 Å². The monoisotopic (exact) mass is 355 g/mol. The van der Waals surface area contributed by atoms with Crippen LogP contribution >= 0.6 is 0 Å². The summed E-state index contributed by atoms with van der Waals surface area (Å²) in [6.07, 6.45) is 6.76. The van der Waals surface area contributed by atoms with E-state index in [0.717, 1.165) is 25.2 Å². The molecule has 1 aromatic heterocycles. The molecule has 1 aliphatic heterocycles. The quantitative estimate of drug-likeness (QED) is 0.805. The van der Waals surface area contributed by atoms with Gasteiger partial charge in [-0.15, -0.1) is 0 Å². The Bertz CT molecular complexity index is 751. The molecule has 2 heterocycles. The topological polar surface area (TPSA) is 110 Å². The molecule has 0 radical (unpaired) electrons. The maximum absolute atomic E-state index is 12.6. The van der Waals surface area contributed by atoms with Crippen LogP contribution in [0.25, 0.3) is 0 Å². The summed E-state index contributed by atoms with van der Waals surface area (Å²) < 4.78 is 5.20. The largest absolute Gasteiger partial charge is 0.484 e. The second-order valence-electron chi connectivity index (χ2n) is 6.12. The van der Waals surface area contributed by atoms with E-state index in [2.05, 4.69) is 20.2 Å². The summed E-state index contributed by atoms with van der Waals surface area (Å²) >= 11 is 0. The van der Waals surface area contributed by atoms with Crippen LogP contribution in [-0.2, 0) is 9.59 Å². The molecule has 8 heteroatoms. The molecule has 1 fully saturated rings. The minimum Gasteiger partial charge on any atom is -0.484 e. The van der Waals surface area contributed by atoms with E-state index in [9.17, 15) is 9.59 Å². The maximum atomic E-state index is 12.6. The number of nitrogens with one attached hydrogen (secondary N) is 1. The predicted octanol–water partition coefficient (Wildman–Crippen LogP) is 1.20. The van der Waals surface area contributed by atoms with Gasteiger partial charge in [-0.3, -0.25) is 14.6 Å². The summed E-state index contributed by atoms with van der Waals surface area (Å²) in [5.41, 5.74) is 5.72. The molecule has 0 aliphatic carbocycles. The van der Waals surface area contributed by atoms with Gasteiger partial charge in [0.25, 0.3) is 5.91 Å². The van der Waals surface area contributed by atoms with E-state index in [1.807, 2.05) is 0 Å². The summed E-state index contributed by atoms with van der Waals surface area (Å²) in [6.45, 7) is 1.31. The van der Waals surface area contributed by atoms with Crippen molar-refractivity contribution >= 4 is 23.3 Å². The van der Waals surface area contributed by atoms with Crippen molar-refractivity contribution < 1.29 is 14.3 Å². The molecular formula is C18H21N5O3. The fourth-order valence-electron chi connectivity index (χ4n) is 2.89. The van der Waals surface area contributed by atoms with Gasteiger partial charge in [-0.05, 0) is 37.1 Å². The van der Waals surface area contributed by atoms with Crippen LogP contribution in [0.1, 0.15) is 12.8 Å². The molecule has 3 rings (SSSR count). The van der Waals surface area contributed by atoms with Crippen LogP contribution in [0.2, 0.25) is 0 Å². The number of ether oxygens (including phenoxy) is 1. The van der Waals surface area contributed by atoms with E-state index in [1.54, 1.807) is 42.9 Å². The molecule has 1 aromatic carbocycles. The number of hydrogen-bond donors (Lipinski definition) is 2. The molecule has 0 saturated carbocycles. The van der Waals surface area contributed by atoms with Crippen LogP contribution < -0.4 is 20.7 Å². The van der Waals surface area contributed by atoms with Gasteiger partial charge in [0, 0.05) is 31.2 Å². The van der Waals surface area contributed by atoms with Crippen molar-refractivity contribution in [2.45, 2.75) is 12.8 Å². The third-order valence-electron chi connectivity index (χ3n) is 4.17. The van der Waals surface area contributed by atoms with E-state index < -0.39 is 5.91 Å². The molecule has 1 saturated heterocycles. The van der Waals surface area contributed by atoms with Crippen LogP contribution in [-0.4, -0.2) is 41.5 Å². The van der Waals surface area contributed by atoms with Crippen molar-refractivity contribution in [1.29, 1.82) is 0 Å². The van der Waals surface area contributed by atoms with Crippen molar-refractivity contribution in [2.75, 3.05) is 29.9 Å². The number of anilines is 2. The third-order valence-corrected chi connectivity index (χ3v) is 4.17. The molecule has 1 unspecified atom stereocenters. The average molecular weight is 355 g/mol. The molecule has 2 amide bonds. The molecule has 26 heavy (non-hydrogen) atoms. The molecule has 0 spiro atoms. The average Bonchev–Trinajstić information content (AvgIpc) is 2.68. The van der Waals surface area contributed by atoms with Gasteiger partial charge in [-0.1, -0.05) is 0 Å². The third kappa shape index (κ3) is 4.69. The van der Waals surface area contributed by atoms with Crippen LogP contribution in [0.5, 0.6) is 5.75 Å². The van der Waals surface area contributed by atoms with Crippen LogP contribution in [0.4, 0.5) is 11.5 Å². The molecule has 1 aliphatic rings. The van der Waals surface area contributed by atoms with E-state index in [0.29, 0.717) is 18.0 Å². The van der Waals surface area contributed by atoms with Gasteiger partial charge in [0.1, 0.15) is 11.6 Å². The summed E-state index contributed by atoms with van der Waals surface area (Å²) in [5, 5.41) is 2.93. The number of nitrogens with zero attached hydrogens (tertiary/aromatic N) is 3. The van der Waals surface area contributed by atoms with Gasteiger partial charge < -0.3 is 20.7 Å². The second-order valence-corrected chi connectivity index (χ2v) is 6.12. The molecular weight excluding hydrogens is 334 g/mol. The van der Waals surface area contributed by atoms with Crippen molar-refractivity contribution in [1.82, 2.24) is 9.97 Å². The zero-order valence-corrected chi connectivity index (χ0v) is 14.3. The van der Waals surface area contributed by atoms with Crippen molar-refractivity contribution in [3.05, 3.63) is 42.9 Å². The molecule has 8 nitrogen and oxygen atoms in total. The smallest absolute Gasteiger partial charge is 0.255 e. The second kappa shape index (κ2) is 8.28. The predicted molar refractivity (Wildman–Crippen MR) is 96.7 cm³/mol. The number of primary amides is 1. The van der Waals surface area contributed by atoms with Crippen molar-refractivity contribution in [3.8, 4) is 5.75 Å². The number of aromatic nitrogens is 2. The Morgan fingerprint density at radius 3 is 2.77 bits per heavy atom. The molecule has 0 bridgehead atoms. The highest BCUT2D eigenvalue weighted by Crippen LogP contribution is 2.23. The first kappa shape index (κ1) is 17.7. The van der Waals surface area contributed by atoms with E-state index in [-0.39, 0.29) is 18.4 Å². The number of nitrogens with two attached hydrogens (primary N) is 1. The van der Waals surface area contributed by atoms with Crippen LogP contribution in [0.3, 0.4) is 0 Å². The van der Waals surface area contributed by atoms with Gasteiger partial charge in [0.2, 0.25) is 5.91 Å². The molecule has 1 atom stereocenters. The summed E-state index contributed by atoms with van der Waals surface area (Å²) in [5.74, 6) is 0.641. The van der Waals surface area contributed by atoms with Gasteiger partial charge in [0.05, 0.1) is 12.1 Å². The summed E-state index contributed by atoms with van der Waals surface area (Å²) in [7, 11) is 0. The fourth-order valence-corrected chi connectivity index (χ4v) is 2.89. The lowest BCUT2D eigenvalue weighted by Gasteiger charge is -2.32. The van der Waals surface area contributed by atoms with Crippen LogP contribution in [0, 0.1) is 5.92 Å². The van der Waals surface area contributed by atoms with Gasteiger partial charge >= 0.3 is 0 Å². The lowest BCUT2D eigenvalue weighted by atomic mass is 9.97. The van der Waals surface area contributed by atoms with Gasteiger partial charge in [-0.2, -0.15) is 0 Å². The Labute approximate surface area is 151 Å². The number of carbonyl (C=O) groups is 2. The van der Waals surface area contributed by atoms with E-state index in [4.69, 9.17) is 10.5 Å². The number of carbonyl (C=O) groups excluding carboxylic acids is 2. The Morgan fingerprint density at radius 1 is 1.27 bits per heavy atom. The normalized spacial score (nSPS) is 16.8. The highest BCUT2D eigenvalue weighted by atomic mass is 16.5. The van der Waals surface area contributed by atoms with E-state index >= 15 is 0 Å². The molecule has 3 N–H and O–H groups in total. The zero-order chi connectivity index (χ0) is 18.4. The number of amides is 2. The highest BCUT2D eigenvalue weighted by Gasteiger charge is 2.26. The minimum atomic E-state index is -0.535. The highest BCUT2D eigenvalue weighted by molar-refractivity contribution is 5.93. The lowest BCUT2D eigenvalue weighted by molar-refractivity contribution is -0.120. The number of piperidine rings is 1. The van der Waals surface area contributed by atoms with Crippen LogP contribution in [0.15, 0.2) is 42.9 Å². The Kier molecular flexibility index (Phi) is 5.62. The molecule has 136 valence electrons.